The molecule has 78 valence electrons. The number of rotatable bonds is 5. The zero-order valence-electron chi connectivity index (χ0n) is 7.56. The predicted molar refractivity (Wildman–Crippen MR) is 44.4 cm³/mol. The molecule has 0 unspecified atom stereocenters. The van der Waals surface area contributed by atoms with Crippen LogP contribution in [0, 0.1) is 0 Å². The molecule has 6 heteroatoms. The van der Waals surface area contributed by atoms with Gasteiger partial charge in [0.15, 0.2) is 6.61 Å². The largest absolute Gasteiger partial charge is 0.478 e. The van der Waals surface area contributed by atoms with Gasteiger partial charge in [0, 0.05) is 12.2 Å². The Bertz CT molecular complexity index is 255. The minimum absolute atomic E-state index is 0.196. The third-order valence-corrected chi connectivity index (χ3v) is 1.000. The molecule has 14 heavy (non-hydrogen) atoms. The van der Waals surface area contributed by atoms with Crippen LogP contribution in [0.4, 0.5) is 0 Å². The van der Waals surface area contributed by atoms with E-state index in [1.165, 1.54) is 0 Å². The van der Waals surface area contributed by atoms with Gasteiger partial charge >= 0.3 is 17.9 Å². The average Bonchev–Trinajstić information content (AvgIpc) is 2.12. The summed E-state index contributed by atoms with van der Waals surface area (Å²) >= 11 is 0. The van der Waals surface area contributed by atoms with Gasteiger partial charge < -0.3 is 14.6 Å². The molecule has 0 amide bonds. The van der Waals surface area contributed by atoms with Crippen molar-refractivity contribution in [2.75, 3.05) is 13.2 Å². The number of hydrogen-bond donors (Lipinski definition) is 1. The molecule has 0 aliphatic heterocycles. The van der Waals surface area contributed by atoms with Crippen LogP contribution in [-0.4, -0.2) is 36.2 Å². The van der Waals surface area contributed by atoms with Crippen LogP contribution in [0.15, 0.2) is 12.2 Å². The summed E-state index contributed by atoms with van der Waals surface area (Å²) < 4.78 is 8.80. The summed E-state index contributed by atoms with van der Waals surface area (Å²) in [6, 6.07) is 0. The third kappa shape index (κ3) is 6.84. The van der Waals surface area contributed by atoms with E-state index >= 15 is 0 Å². The Hall–Kier alpha value is -1.85. The Balaban J connectivity index is 3.74. The summed E-state index contributed by atoms with van der Waals surface area (Å²) in [6.45, 7) is 1.29. The van der Waals surface area contributed by atoms with E-state index in [-0.39, 0.29) is 6.61 Å². The molecule has 0 bridgehead atoms. The van der Waals surface area contributed by atoms with E-state index in [2.05, 4.69) is 9.47 Å². The molecule has 0 atom stereocenters. The monoisotopic (exact) mass is 202 g/mol. The first-order valence-electron chi connectivity index (χ1n) is 3.79. The van der Waals surface area contributed by atoms with Crippen molar-refractivity contribution in [3.05, 3.63) is 12.2 Å². The molecule has 0 aromatic rings. The molecule has 0 aliphatic rings. The summed E-state index contributed by atoms with van der Waals surface area (Å²) in [6.07, 6.45) is 1.33. The van der Waals surface area contributed by atoms with Crippen LogP contribution in [0.2, 0.25) is 0 Å². The smallest absolute Gasteiger partial charge is 0.344 e. The Labute approximate surface area is 80.1 Å². The zero-order valence-corrected chi connectivity index (χ0v) is 7.56. The zero-order chi connectivity index (χ0) is 11.0. The number of carboxylic acids is 1. The molecule has 0 aromatic heterocycles. The van der Waals surface area contributed by atoms with Crippen LogP contribution in [0.25, 0.3) is 0 Å². The van der Waals surface area contributed by atoms with E-state index in [0.29, 0.717) is 12.2 Å². The van der Waals surface area contributed by atoms with E-state index < -0.39 is 24.5 Å². The van der Waals surface area contributed by atoms with Crippen molar-refractivity contribution in [3.8, 4) is 0 Å². The first-order chi connectivity index (χ1) is 6.56. The predicted octanol–water partition coefficient (Wildman–Crippen LogP) is -0.267. The quantitative estimate of drug-likeness (QED) is 0.487. The lowest BCUT2D eigenvalue weighted by Gasteiger charge is -2.00. The van der Waals surface area contributed by atoms with Crippen LogP contribution in [-0.2, 0) is 23.9 Å². The van der Waals surface area contributed by atoms with Crippen LogP contribution in [0.1, 0.15) is 6.92 Å². The van der Waals surface area contributed by atoms with E-state index in [4.69, 9.17) is 5.11 Å². The van der Waals surface area contributed by atoms with Gasteiger partial charge in [-0.15, -0.1) is 0 Å². The van der Waals surface area contributed by atoms with Gasteiger partial charge in [0.05, 0.1) is 6.61 Å². The van der Waals surface area contributed by atoms with E-state index in [0.717, 1.165) is 0 Å². The van der Waals surface area contributed by atoms with Crippen LogP contribution in [0.3, 0.4) is 0 Å². The van der Waals surface area contributed by atoms with Gasteiger partial charge in [-0.25, -0.2) is 14.4 Å². The Morgan fingerprint density at radius 2 is 1.86 bits per heavy atom. The second-order valence-corrected chi connectivity index (χ2v) is 2.08. The molecule has 0 radical (unpaired) electrons. The van der Waals surface area contributed by atoms with Crippen LogP contribution >= 0.6 is 0 Å². The van der Waals surface area contributed by atoms with Crippen molar-refractivity contribution >= 4 is 17.9 Å². The topological polar surface area (TPSA) is 89.9 Å². The highest BCUT2D eigenvalue weighted by Gasteiger charge is 2.04. The first-order valence-corrected chi connectivity index (χ1v) is 3.79. The minimum atomic E-state index is -1.27. The molecular formula is C8H10O6. The molecule has 0 spiro atoms. The summed E-state index contributed by atoms with van der Waals surface area (Å²) in [4.78, 5) is 31.3. The van der Waals surface area contributed by atoms with Gasteiger partial charge in [0.1, 0.15) is 0 Å². The lowest BCUT2D eigenvalue weighted by Crippen LogP contribution is -2.15. The highest BCUT2D eigenvalue weighted by atomic mass is 16.6. The van der Waals surface area contributed by atoms with Gasteiger partial charge in [-0.1, -0.05) is 0 Å². The van der Waals surface area contributed by atoms with Gasteiger partial charge in [0.2, 0.25) is 0 Å². The van der Waals surface area contributed by atoms with Crippen molar-refractivity contribution in [3.63, 3.8) is 0 Å². The molecular weight excluding hydrogens is 192 g/mol. The van der Waals surface area contributed by atoms with E-state index in [9.17, 15) is 14.4 Å². The third-order valence-electron chi connectivity index (χ3n) is 1.000. The van der Waals surface area contributed by atoms with Crippen molar-refractivity contribution in [2.45, 2.75) is 6.92 Å². The Kier molecular flexibility index (Phi) is 5.77. The SMILES string of the molecule is CCOC(=O)COC(=O)/C=C\C(=O)O. The minimum Gasteiger partial charge on any atom is -0.478 e. The molecule has 0 heterocycles. The Morgan fingerprint density at radius 3 is 2.36 bits per heavy atom. The number of esters is 2. The maximum atomic E-state index is 10.7. The maximum absolute atomic E-state index is 10.7. The van der Waals surface area contributed by atoms with Crippen LogP contribution < -0.4 is 0 Å². The molecule has 6 nitrogen and oxygen atoms in total. The second-order valence-electron chi connectivity index (χ2n) is 2.08. The fourth-order valence-electron chi connectivity index (χ4n) is 0.520. The number of aliphatic carboxylic acids is 1. The van der Waals surface area contributed by atoms with Gasteiger partial charge in [-0.05, 0) is 6.92 Å². The fourth-order valence-corrected chi connectivity index (χ4v) is 0.520. The molecule has 0 aromatic carbocycles. The lowest BCUT2D eigenvalue weighted by molar-refractivity contribution is -0.155. The molecule has 0 aliphatic carbocycles. The van der Waals surface area contributed by atoms with Gasteiger partial charge in [0.25, 0.3) is 0 Å². The fraction of sp³-hybridized carbons (Fsp3) is 0.375. The Morgan fingerprint density at radius 1 is 1.21 bits per heavy atom. The number of carbonyl (C=O) groups is 3. The molecule has 1 N–H and O–H groups in total. The van der Waals surface area contributed by atoms with E-state index in [1.807, 2.05) is 0 Å². The number of hydrogen-bond acceptors (Lipinski definition) is 5. The number of carbonyl (C=O) groups excluding carboxylic acids is 2. The second kappa shape index (κ2) is 6.64. The van der Waals surface area contributed by atoms with Crippen LogP contribution in [0.5, 0.6) is 0 Å². The summed E-state index contributed by atoms with van der Waals surface area (Å²) in [5, 5.41) is 8.14. The van der Waals surface area contributed by atoms with E-state index in [1.54, 1.807) is 6.92 Å². The van der Waals surface area contributed by atoms with Crippen molar-refractivity contribution in [1.82, 2.24) is 0 Å². The molecule has 0 fully saturated rings. The van der Waals surface area contributed by atoms with Crippen molar-refractivity contribution in [1.29, 1.82) is 0 Å². The lowest BCUT2D eigenvalue weighted by atomic mass is 10.5. The maximum Gasteiger partial charge on any atom is 0.344 e. The number of ether oxygens (including phenoxy) is 2. The number of carboxylic acid groups (broad SMARTS) is 1. The van der Waals surface area contributed by atoms with Crippen molar-refractivity contribution in [2.24, 2.45) is 0 Å². The van der Waals surface area contributed by atoms with Gasteiger partial charge in [-0.3, -0.25) is 0 Å². The van der Waals surface area contributed by atoms with Crippen molar-refractivity contribution < 1.29 is 29.0 Å². The molecule has 0 rings (SSSR count). The average molecular weight is 202 g/mol. The standard InChI is InChI=1S/C8H10O6/c1-2-13-8(12)5-14-7(11)4-3-6(9)10/h3-4H,2,5H2,1H3,(H,9,10)/b4-3-. The highest BCUT2D eigenvalue weighted by molar-refractivity contribution is 5.91. The summed E-state index contributed by atoms with van der Waals surface area (Å²) in [5.74, 6) is -2.84. The summed E-state index contributed by atoms with van der Waals surface area (Å²) in [5.41, 5.74) is 0. The van der Waals surface area contributed by atoms with Gasteiger partial charge in [-0.2, -0.15) is 0 Å². The normalized spacial score (nSPS) is 9.79. The first kappa shape index (κ1) is 12.2. The molecule has 0 saturated heterocycles. The molecule has 0 saturated carbocycles. The highest BCUT2D eigenvalue weighted by Crippen LogP contribution is 1.85. The summed E-state index contributed by atoms with van der Waals surface area (Å²) in [7, 11) is 0.